The van der Waals surface area contributed by atoms with E-state index in [1.54, 1.807) is 6.20 Å². The van der Waals surface area contributed by atoms with Crippen molar-refractivity contribution in [3.8, 4) is 11.1 Å². The van der Waals surface area contributed by atoms with Crippen LogP contribution in [-0.2, 0) is 6.42 Å². The first-order chi connectivity index (χ1) is 13.2. The number of fused-ring (bicyclic) bond motifs is 2. The van der Waals surface area contributed by atoms with Crippen LogP contribution in [0.15, 0.2) is 71.7 Å². The van der Waals surface area contributed by atoms with Gasteiger partial charge in [-0.25, -0.2) is 4.98 Å². The van der Waals surface area contributed by atoms with Crippen molar-refractivity contribution in [1.82, 2.24) is 15.0 Å². The van der Waals surface area contributed by atoms with Gasteiger partial charge in [0.2, 0.25) is 5.95 Å². The quantitative estimate of drug-likeness (QED) is 0.589. The van der Waals surface area contributed by atoms with E-state index in [-0.39, 0.29) is 11.6 Å². The molecule has 27 heavy (non-hydrogen) atoms. The second-order valence-corrected chi connectivity index (χ2v) is 6.86. The standard InChI is InChI=1S/C22H18N4O/c1-14-13-16-9-5-6-10-18(16)26(14)22-24-20-19(21(27)25-22)17(11-12-23-20)15-7-3-2-4-8-15/h2-12,14H,13H2,1H3,(H,23,24,25,27). The highest BCUT2D eigenvalue weighted by atomic mass is 16.1. The number of rotatable bonds is 2. The van der Waals surface area contributed by atoms with Crippen LogP contribution in [0, 0.1) is 0 Å². The summed E-state index contributed by atoms with van der Waals surface area (Å²) in [5.74, 6) is 0.544. The number of pyridine rings is 1. The molecule has 0 bridgehead atoms. The zero-order valence-corrected chi connectivity index (χ0v) is 14.9. The van der Waals surface area contributed by atoms with Crippen molar-refractivity contribution in [2.24, 2.45) is 0 Å². The molecule has 5 heteroatoms. The third kappa shape index (κ3) is 2.51. The molecule has 1 N–H and O–H groups in total. The third-order valence-corrected chi connectivity index (χ3v) is 5.12. The second-order valence-electron chi connectivity index (χ2n) is 6.86. The Morgan fingerprint density at radius 3 is 2.67 bits per heavy atom. The normalized spacial score (nSPS) is 15.9. The first-order valence-electron chi connectivity index (χ1n) is 9.04. The minimum Gasteiger partial charge on any atom is -0.309 e. The number of anilines is 2. The molecule has 0 aliphatic carbocycles. The molecule has 1 atom stereocenters. The topological polar surface area (TPSA) is 61.9 Å². The van der Waals surface area contributed by atoms with E-state index in [1.165, 1.54) is 5.56 Å². The Hall–Kier alpha value is -3.47. The van der Waals surface area contributed by atoms with Gasteiger partial charge in [-0.3, -0.25) is 9.78 Å². The lowest BCUT2D eigenvalue weighted by molar-refractivity contribution is 0.740. The van der Waals surface area contributed by atoms with Gasteiger partial charge in [-0.1, -0.05) is 48.5 Å². The fourth-order valence-electron chi connectivity index (χ4n) is 3.91. The highest BCUT2D eigenvalue weighted by Crippen LogP contribution is 2.36. The van der Waals surface area contributed by atoms with Gasteiger partial charge in [0.1, 0.15) is 0 Å². The Balaban J connectivity index is 1.71. The van der Waals surface area contributed by atoms with Gasteiger partial charge in [0.25, 0.3) is 5.56 Å². The Morgan fingerprint density at radius 1 is 1.04 bits per heavy atom. The van der Waals surface area contributed by atoms with E-state index < -0.39 is 0 Å². The van der Waals surface area contributed by atoms with E-state index in [2.05, 4.69) is 33.9 Å². The molecule has 1 aliphatic heterocycles. The molecule has 2 aromatic heterocycles. The number of nitrogens with one attached hydrogen (secondary N) is 1. The number of para-hydroxylation sites is 1. The zero-order chi connectivity index (χ0) is 18.4. The molecule has 5 nitrogen and oxygen atoms in total. The molecule has 0 amide bonds. The summed E-state index contributed by atoms with van der Waals surface area (Å²) in [6.45, 7) is 2.14. The second kappa shape index (κ2) is 6.06. The summed E-state index contributed by atoms with van der Waals surface area (Å²) in [5.41, 5.74) is 4.47. The van der Waals surface area contributed by atoms with E-state index >= 15 is 0 Å². The molecular weight excluding hydrogens is 336 g/mol. The molecule has 2 aromatic carbocycles. The van der Waals surface area contributed by atoms with Crippen molar-refractivity contribution in [3.05, 3.63) is 82.8 Å². The number of hydrogen-bond acceptors (Lipinski definition) is 4. The van der Waals surface area contributed by atoms with Crippen molar-refractivity contribution in [2.45, 2.75) is 19.4 Å². The number of hydrogen-bond donors (Lipinski definition) is 1. The highest BCUT2D eigenvalue weighted by Gasteiger charge is 2.29. The smallest absolute Gasteiger partial charge is 0.262 e. The van der Waals surface area contributed by atoms with E-state index in [0.717, 1.165) is 23.2 Å². The molecule has 132 valence electrons. The van der Waals surface area contributed by atoms with Crippen LogP contribution in [0.2, 0.25) is 0 Å². The first kappa shape index (κ1) is 15.8. The van der Waals surface area contributed by atoms with Gasteiger partial charge in [-0.05, 0) is 42.2 Å². The van der Waals surface area contributed by atoms with Gasteiger partial charge in [-0.15, -0.1) is 0 Å². The van der Waals surface area contributed by atoms with Crippen LogP contribution in [0.25, 0.3) is 22.2 Å². The fourth-order valence-corrected chi connectivity index (χ4v) is 3.91. The number of H-pyrrole nitrogens is 1. The molecule has 4 aromatic rings. The third-order valence-electron chi connectivity index (χ3n) is 5.12. The minimum absolute atomic E-state index is 0.168. The zero-order valence-electron chi connectivity index (χ0n) is 14.9. The Labute approximate surface area is 156 Å². The summed E-state index contributed by atoms with van der Waals surface area (Å²) in [7, 11) is 0. The molecular formula is C22H18N4O. The molecule has 1 aliphatic rings. The van der Waals surface area contributed by atoms with Gasteiger partial charge < -0.3 is 4.90 Å². The maximum atomic E-state index is 13.0. The summed E-state index contributed by atoms with van der Waals surface area (Å²) in [6, 6.07) is 20.2. The molecule has 0 saturated carbocycles. The maximum absolute atomic E-state index is 13.0. The summed E-state index contributed by atoms with van der Waals surface area (Å²) in [6.07, 6.45) is 2.64. The van der Waals surface area contributed by atoms with Crippen LogP contribution in [0.1, 0.15) is 12.5 Å². The number of benzene rings is 2. The van der Waals surface area contributed by atoms with Crippen molar-refractivity contribution >= 4 is 22.7 Å². The predicted molar refractivity (Wildman–Crippen MR) is 107 cm³/mol. The Bertz CT molecular complexity index is 1200. The predicted octanol–water partition coefficient (Wildman–Crippen LogP) is 4.07. The van der Waals surface area contributed by atoms with E-state index in [4.69, 9.17) is 4.98 Å². The highest BCUT2D eigenvalue weighted by molar-refractivity contribution is 5.92. The maximum Gasteiger partial charge on any atom is 0.262 e. The van der Waals surface area contributed by atoms with Crippen LogP contribution in [0.4, 0.5) is 11.6 Å². The molecule has 1 unspecified atom stereocenters. The molecule has 3 heterocycles. The van der Waals surface area contributed by atoms with Crippen molar-refractivity contribution in [1.29, 1.82) is 0 Å². The summed E-state index contributed by atoms with van der Waals surface area (Å²) < 4.78 is 0. The molecule has 0 fully saturated rings. The molecule has 0 saturated heterocycles. The summed E-state index contributed by atoms with van der Waals surface area (Å²) in [5, 5.41) is 0.521. The molecule has 5 rings (SSSR count). The average Bonchev–Trinajstić information content (AvgIpc) is 3.03. The molecule has 0 spiro atoms. The summed E-state index contributed by atoms with van der Waals surface area (Å²) >= 11 is 0. The van der Waals surface area contributed by atoms with Crippen LogP contribution >= 0.6 is 0 Å². The van der Waals surface area contributed by atoms with Gasteiger partial charge >= 0.3 is 0 Å². The number of aromatic nitrogens is 3. The van der Waals surface area contributed by atoms with Crippen LogP contribution < -0.4 is 10.5 Å². The van der Waals surface area contributed by atoms with E-state index in [9.17, 15) is 4.79 Å². The Kier molecular flexibility index (Phi) is 3.53. The van der Waals surface area contributed by atoms with Crippen molar-refractivity contribution in [3.63, 3.8) is 0 Å². The Morgan fingerprint density at radius 2 is 1.81 bits per heavy atom. The van der Waals surface area contributed by atoms with Crippen LogP contribution in [0.3, 0.4) is 0 Å². The minimum atomic E-state index is -0.168. The van der Waals surface area contributed by atoms with Crippen LogP contribution in [-0.4, -0.2) is 21.0 Å². The van der Waals surface area contributed by atoms with Crippen molar-refractivity contribution in [2.75, 3.05) is 4.90 Å². The van der Waals surface area contributed by atoms with E-state index in [0.29, 0.717) is 17.0 Å². The summed E-state index contributed by atoms with van der Waals surface area (Å²) in [4.78, 5) is 27.2. The van der Waals surface area contributed by atoms with Gasteiger partial charge in [-0.2, -0.15) is 4.98 Å². The number of nitrogens with zero attached hydrogens (tertiary/aromatic N) is 3. The van der Waals surface area contributed by atoms with Gasteiger partial charge in [0.15, 0.2) is 5.65 Å². The van der Waals surface area contributed by atoms with E-state index in [1.807, 2.05) is 48.5 Å². The lowest BCUT2D eigenvalue weighted by atomic mass is 10.0. The average molecular weight is 354 g/mol. The number of aromatic amines is 1. The first-order valence-corrected chi connectivity index (χ1v) is 9.04. The molecule has 0 radical (unpaired) electrons. The van der Waals surface area contributed by atoms with Gasteiger partial charge in [0, 0.05) is 17.9 Å². The van der Waals surface area contributed by atoms with Crippen molar-refractivity contribution < 1.29 is 0 Å². The fraction of sp³-hybridized carbons (Fsp3) is 0.136. The monoisotopic (exact) mass is 354 g/mol. The lowest BCUT2D eigenvalue weighted by Crippen LogP contribution is -2.28. The van der Waals surface area contributed by atoms with Gasteiger partial charge in [0.05, 0.1) is 5.39 Å². The largest absolute Gasteiger partial charge is 0.309 e. The van der Waals surface area contributed by atoms with Crippen LogP contribution in [0.5, 0.6) is 0 Å². The lowest BCUT2D eigenvalue weighted by Gasteiger charge is -2.23. The SMILES string of the molecule is CC1Cc2ccccc2N1c1nc2nccc(-c3ccccc3)c2c(=O)[nH]1.